The van der Waals surface area contributed by atoms with Crippen LogP contribution >= 0.6 is 0 Å². The molecule has 1 aliphatic heterocycles. The first-order valence-electron chi connectivity index (χ1n) is 5.41. The number of anilines is 1. The van der Waals surface area contributed by atoms with E-state index >= 15 is 0 Å². The number of hydrogen-bond donors (Lipinski definition) is 3. The summed E-state index contributed by atoms with van der Waals surface area (Å²) >= 11 is 0. The van der Waals surface area contributed by atoms with Crippen LogP contribution in [0.4, 0.5) is 5.69 Å². The highest BCUT2D eigenvalue weighted by Gasteiger charge is 2.25. The molecule has 0 bridgehead atoms. The van der Waals surface area contributed by atoms with Gasteiger partial charge in [0.25, 0.3) is 5.91 Å². The molecule has 1 aromatic heterocycles. The molecule has 1 aliphatic rings. The number of aromatic amines is 1. The molecule has 1 amide bonds. The van der Waals surface area contributed by atoms with Crippen molar-refractivity contribution < 1.29 is 9.90 Å². The number of aromatic nitrogens is 2. The summed E-state index contributed by atoms with van der Waals surface area (Å²) in [6.45, 7) is 1.54. The van der Waals surface area contributed by atoms with E-state index in [1.807, 2.05) is 0 Å². The Balaban J connectivity index is 2.00. The van der Waals surface area contributed by atoms with E-state index in [4.69, 9.17) is 10.8 Å². The fourth-order valence-corrected chi connectivity index (χ4v) is 1.94. The number of carbonyl (C=O) groups is 1. The van der Waals surface area contributed by atoms with Crippen molar-refractivity contribution in [3.63, 3.8) is 0 Å². The molecule has 1 saturated heterocycles. The molecule has 0 spiro atoms. The average molecular weight is 224 g/mol. The Bertz CT molecular complexity index is 369. The van der Waals surface area contributed by atoms with Crippen molar-refractivity contribution in [3.05, 3.63) is 11.9 Å². The Morgan fingerprint density at radius 1 is 1.62 bits per heavy atom. The number of likely N-dealkylation sites (tertiary alicyclic amines) is 1. The Morgan fingerprint density at radius 3 is 2.81 bits per heavy atom. The summed E-state index contributed by atoms with van der Waals surface area (Å²) in [4.78, 5) is 13.7. The lowest BCUT2D eigenvalue weighted by Gasteiger charge is -2.30. The third kappa shape index (κ3) is 2.01. The highest BCUT2D eigenvalue weighted by atomic mass is 16.3. The Morgan fingerprint density at radius 2 is 2.31 bits per heavy atom. The van der Waals surface area contributed by atoms with E-state index in [0.717, 1.165) is 12.8 Å². The Hall–Kier alpha value is -1.56. The number of rotatable bonds is 2. The molecular weight excluding hydrogens is 208 g/mol. The average Bonchev–Trinajstić information content (AvgIpc) is 2.75. The third-order valence-electron chi connectivity index (χ3n) is 3.04. The molecular formula is C10H16N4O2. The largest absolute Gasteiger partial charge is 0.396 e. The number of hydrogen-bond acceptors (Lipinski definition) is 4. The van der Waals surface area contributed by atoms with Crippen LogP contribution in [0.25, 0.3) is 0 Å². The van der Waals surface area contributed by atoms with Gasteiger partial charge in [0.15, 0.2) is 0 Å². The summed E-state index contributed by atoms with van der Waals surface area (Å²) in [6, 6.07) is 0. The summed E-state index contributed by atoms with van der Waals surface area (Å²) in [5.41, 5.74) is 6.37. The number of carbonyl (C=O) groups excluding carboxylic acids is 1. The summed E-state index contributed by atoms with van der Waals surface area (Å²) in [5, 5.41) is 15.3. The normalized spacial score (nSPS) is 17.7. The second kappa shape index (κ2) is 4.52. The van der Waals surface area contributed by atoms with Crippen LogP contribution in [0.1, 0.15) is 23.3 Å². The number of amides is 1. The minimum absolute atomic E-state index is 0.105. The maximum absolute atomic E-state index is 12.0. The van der Waals surface area contributed by atoms with Crippen LogP contribution in [0.2, 0.25) is 0 Å². The van der Waals surface area contributed by atoms with Crippen LogP contribution in [-0.2, 0) is 0 Å². The summed E-state index contributed by atoms with van der Waals surface area (Å²) in [7, 11) is 0. The maximum Gasteiger partial charge on any atom is 0.274 e. The monoisotopic (exact) mass is 224 g/mol. The van der Waals surface area contributed by atoms with Gasteiger partial charge in [0, 0.05) is 19.7 Å². The van der Waals surface area contributed by atoms with Crippen molar-refractivity contribution >= 4 is 11.6 Å². The second-order valence-corrected chi connectivity index (χ2v) is 4.12. The lowest BCUT2D eigenvalue weighted by atomic mass is 9.98. The number of piperidine rings is 1. The van der Waals surface area contributed by atoms with Gasteiger partial charge in [-0.2, -0.15) is 5.10 Å². The first-order valence-corrected chi connectivity index (χ1v) is 5.41. The Kier molecular flexibility index (Phi) is 3.09. The fraction of sp³-hybridized carbons (Fsp3) is 0.600. The fourth-order valence-electron chi connectivity index (χ4n) is 1.94. The number of nitrogens with one attached hydrogen (secondary N) is 1. The minimum Gasteiger partial charge on any atom is -0.396 e. The SMILES string of the molecule is Nc1cn[nH]c1C(=O)N1CCC(CO)CC1. The zero-order valence-corrected chi connectivity index (χ0v) is 9.02. The first-order chi connectivity index (χ1) is 7.72. The molecule has 0 radical (unpaired) electrons. The van der Waals surface area contributed by atoms with Gasteiger partial charge in [-0.3, -0.25) is 9.89 Å². The van der Waals surface area contributed by atoms with Crippen molar-refractivity contribution in [1.82, 2.24) is 15.1 Å². The molecule has 0 saturated carbocycles. The van der Waals surface area contributed by atoms with E-state index in [9.17, 15) is 4.79 Å². The standard InChI is InChI=1S/C10H16N4O2/c11-8-5-12-13-9(8)10(16)14-3-1-7(6-15)2-4-14/h5,7,15H,1-4,6,11H2,(H,12,13). The van der Waals surface area contributed by atoms with Crippen molar-refractivity contribution in [2.24, 2.45) is 5.92 Å². The molecule has 2 heterocycles. The number of H-pyrrole nitrogens is 1. The smallest absolute Gasteiger partial charge is 0.274 e. The summed E-state index contributed by atoms with van der Waals surface area (Å²) in [5.74, 6) is 0.217. The molecule has 4 N–H and O–H groups in total. The minimum atomic E-state index is -0.105. The number of nitrogens with two attached hydrogens (primary N) is 1. The van der Waals surface area contributed by atoms with E-state index in [-0.39, 0.29) is 12.5 Å². The molecule has 0 unspecified atom stereocenters. The lowest BCUT2D eigenvalue weighted by Crippen LogP contribution is -2.39. The van der Waals surface area contributed by atoms with E-state index in [1.54, 1.807) is 4.90 Å². The molecule has 1 fully saturated rings. The van der Waals surface area contributed by atoms with Gasteiger partial charge in [0.1, 0.15) is 5.69 Å². The van der Waals surface area contributed by atoms with Gasteiger partial charge in [-0.1, -0.05) is 0 Å². The zero-order valence-electron chi connectivity index (χ0n) is 9.02. The number of aliphatic hydroxyl groups excluding tert-OH is 1. The summed E-state index contributed by atoms with van der Waals surface area (Å²) in [6.07, 6.45) is 3.13. The molecule has 16 heavy (non-hydrogen) atoms. The van der Waals surface area contributed by atoms with Gasteiger partial charge in [0.05, 0.1) is 11.9 Å². The number of nitrogen functional groups attached to an aromatic ring is 1. The van der Waals surface area contributed by atoms with Crippen molar-refractivity contribution in [2.75, 3.05) is 25.4 Å². The van der Waals surface area contributed by atoms with Crippen LogP contribution in [0, 0.1) is 5.92 Å². The molecule has 0 atom stereocenters. The highest BCUT2D eigenvalue weighted by Crippen LogP contribution is 2.19. The van der Waals surface area contributed by atoms with Crippen molar-refractivity contribution in [3.8, 4) is 0 Å². The lowest BCUT2D eigenvalue weighted by molar-refractivity contribution is 0.0646. The van der Waals surface area contributed by atoms with Crippen molar-refractivity contribution in [1.29, 1.82) is 0 Å². The molecule has 6 heteroatoms. The maximum atomic E-state index is 12.0. The zero-order chi connectivity index (χ0) is 11.5. The van der Waals surface area contributed by atoms with E-state index < -0.39 is 0 Å². The van der Waals surface area contributed by atoms with Crippen LogP contribution in [0.3, 0.4) is 0 Å². The quantitative estimate of drug-likeness (QED) is 0.650. The third-order valence-corrected chi connectivity index (χ3v) is 3.04. The van der Waals surface area contributed by atoms with Gasteiger partial charge < -0.3 is 15.7 Å². The van der Waals surface area contributed by atoms with Crippen LogP contribution < -0.4 is 5.73 Å². The van der Waals surface area contributed by atoms with Gasteiger partial charge in [-0.25, -0.2) is 0 Å². The molecule has 0 aliphatic carbocycles. The second-order valence-electron chi connectivity index (χ2n) is 4.12. The van der Waals surface area contributed by atoms with Crippen molar-refractivity contribution in [2.45, 2.75) is 12.8 Å². The van der Waals surface area contributed by atoms with Gasteiger partial charge in [-0.05, 0) is 18.8 Å². The van der Waals surface area contributed by atoms with Crippen LogP contribution in [0.5, 0.6) is 0 Å². The molecule has 1 aromatic rings. The number of aliphatic hydroxyl groups is 1. The highest BCUT2D eigenvalue weighted by molar-refractivity contribution is 5.97. The van der Waals surface area contributed by atoms with Gasteiger partial charge in [0.2, 0.25) is 0 Å². The summed E-state index contributed by atoms with van der Waals surface area (Å²) < 4.78 is 0. The first kappa shape index (κ1) is 10.9. The van der Waals surface area contributed by atoms with E-state index in [0.29, 0.717) is 30.4 Å². The molecule has 6 nitrogen and oxygen atoms in total. The molecule has 88 valence electrons. The number of nitrogens with zero attached hydrogens (tertiary/aromatic N) is 2. The van der Waals surface area contributed by atoms with Crippen LogP contribution in [-0.4, -0.2) is 45.8 Å². The molecule has 2 rings (SSSR count). The topological polar surface area (TPSA) is 95.2 Å². The predicted octanol–water partition coefficient (Wildman–Crippen LogP) is -0.164. The molecule has 0 aromatic carbocycles. The van der Waals surface area contributed by atoms with E-state index in [2.05, 4.69) is 10.2 Å². The predicted molar refractivity (Wildman–Crippen MR) is 58.7 cm³/mol. The van der Waals surface area contributed by atoms with E-state index in [1.165, 1.54) is 6.20 Å². The Labute approximate surface area is 93.4 Å². The van der Waals surface area contributed by atoms with Crippen LogP contribution in [0.15, 0.2) is 6.20 Å². The van der Waals surface area contributed by atoms with Gasteiger partial charge >= 0.3 is 0 Å². The van der Waals surface area contributed by atoms with Gasteiger partial charge in [-0.15, -0.1) is 0 Å².